The highest BCUT2D eigenvalue weighted by molar-refractivity contribution is 7.44. The summed E-state index contributed by atoms with van der Waals surface area (Å²) >= 11 is 0. The third-order valence-corrected chi connectivity index (χ3v) is 6.34. The van der Waals surface area contributed by atoms with Gasteiger partial charge in [0.2, 0.25) is 6.54 Å². The zero-order valence-electron chi connectivity index (χ0n) is 17.1. The van der Waals surface area contributed by atoms with E-state index in [2.05, 4.69) is 52.2 Å². The van der Waals surface area contributed by atoms with E-state index in [1.165, 1.54) is 6.33 Å². The molecule has 0 aliphatic carbocycles. The molecule has 0 aliphatic rings. The number of hydrogen-bond donors (Lipinski definition) is 1. The largest absolute Gasteiger partial charge is 0.317 e. The van der Waals surface area contributed by atoms with Crippen molar-refractivity contribution in [3.8, 4) is 0 Å². The Labute approximate surface area is 166 Å². The van der Waals surface area contributed by atoms with E-state index < -0.39 is 8.53 Å². The molecule has 0 saturated carbocycles. The summed E-state index contributed by atoms with van der Waals surface area (Å²) in [7, 11) is -1.32. The van der Waals surface area contributed by atoms with Gasteiger partial charge < -0.3 is 23.4 Å². The number of fused-ring (bicyclic) bond motifs is 1. The summed E-state index contributed by atoms with van der Waals surface area (Å²) < 4.78 is 16.4. The monoisotopic (exact) mass is 408 g/mol. The van der Waals surface area contributed by atoms with E-state index in [1.807, 2.05) is 11.5 Å². The molecule has 0 spiro atoms. The Morgan fingerprint density at radius 1 is 1.32 bits per heavy atom. The van der Waals surface area contributed by atoms with Gasteiger partial charge in [0.1, 0.15) is 6.61 Å². The number of nitrogens with zero attached hydrogens (tertiary/aromatic N) is 5. The Balaban J connectivity index is 2.20. The van der Waals surface area contributed by atoms with Crippen molar-refractivity contribution in [3.05, 3.63) is 34.4 Å². The fourth-order valence-corrected chi connectivity index (χ4v) is 4.66. The van der Waals surface area contributed by atoms with Crippen LogP contribution in [0.1, 0.15) is 41.0 Å². The van der Waals surface area contributed by atoms with Crippen molar-refractivity contribution in [2.45, 2.75) is 65.8 Å². The molecule has 0 fully saturated rings. The van der Waals surface area contributed by atoms with Gasteiger partial charge in [0.05, 0.1) is 25.3 Å². The molecule has 0 amide bonds. The number of rotatable bonds is 11. The number of aromatic amines is 1. The Morgan fingerprint density at radius 3 is 2.64 bits per heavy atom. The summed E-state index contributed by atoms with van der Waals surface area (Å²) in [5.41, 5.74) is 0.598. The third-order valence-electron chi connectivity index (χ3n) is 4.15. The van der Waals surface area contributed by atoms with Crippen LogP contribution in [0.5, 0.6) is 0 Å². The van der Waals surface area contributed by atoms with Gasteiger partial charge in [-0.2, -0.15) is 0 Å². The van der Waals surface area contributed by atoms with E-state index in [0.29, 0.717) is 30.9 Å². The first kappa shape index (κ1) is 22.4. The number of nitrogens with one attached hydrogen (secondary N) is 1. The van der Waals surface area contributed by atoms with Gasteiger partial charge in [-0.25, -0.2) is 21.2 Å². The molecule has 2 rings (SSSR count). The smallest absolute Gasteiger partial charge is 0.278 e. The second kappa shape index (κ2) is 10.6. The van der Waals surface area contributed by atoms with Crippen LogP contribution in [0.15, 0.2) is 17.4 Å². The second-order valence-electron chi connectivity index (χ2n) is 6.96. The number of hydrogen-bond acceptors (Lipinski definition) is 6. The predicted molar refractivity (Wildman–Crippen MR) is 110 cm³/mol. The topological polar surface area (TPSA) is 89.6 Å². The number of aromatic nitrogens is 4. The summed E-state index contributed by atoms with van der Waals surface area (Å²) in [6, 6.07) is 0.483. The zero-order valence-corrected chi connectivity index (χ0v) is 18.0. The standard InChI is InChI=1S/C18H29N6O3P/c1-7-15(10-23-12-22-16-17(23)20-11-21-18(16)25)27-28(26-9-8-19-6)24(13(2)3)14(4)5/h11-15H,7-10H2,1-5H3,(H,20,21,25)/t15-,28?/m1/s1. The molecule has 154 valence electrons. The molecule has 2 aromatic heterocycles. The second-order valence-corrected chi connectivity index (χ2v) is 8.36. The first-order valence-electron chi connectivity index (χ1n) is 9.48. The van der Waals surface area contributed by atoms with Crippen molar-refractivity contribution < 1.29 is 9.05 Å². The Bertz CT molecular complexity index is 836. The van der Waals surface area contributed by atoms with Gasteiger partial charge in [-0.05, 0) is 34.1 Å². The molecule has 9 nitrogen and oxygen atoms in total. The van der Waals surface area contributed by atoms with Crippen LogP contribution in [0, 0.1) is 6.57 Å². The number of H-pyrrole nitrogens is 1. The average Bonchev–Trinajstić information content (AvgIpc) is 3.04. The van der Waals surface area contributed by atoms with Gasteiger partial charge in [0.15, 0.2) is 11.2 Å². The molecule has 0 aliphatic heterocycles. The number of imidazole rings is 1. The van der Waals surface area contributed by atoms with Gasteiger partial charge in [-0.15, -0.1) is 0 Å². The molecular formula is C18H29N6O3P. The molecule has 1 unspecified atom stereocenters. The quantitative estimate of drug-likeness (QED) is 0.349. The van der Waals surface area contributed by atoms with E-state index >= 15 is 0 Å². The van der Waals surface area contributed by atoms with Crippen molar-refractivity contribution in [1.82, 2.24) is 24.2 Å². The lowest BCUT2D eigenvalue weighted by Gasteiger charge is -2.37. The molecule has 2 aromatic rings. The van der Waals surface area contributed by atoms with Crippen LogP contribution in [0.3, 0.4) is 0 Å². The molecular weight excluding hydrogens is 379 g/mol. The highest BCUT2D eigenvalue weighted by Gasteiger charge is 2.30. The normalized spacial score (nSPS) is 14.1. The van der Waals surface area contributed by atoms with Crippen molar-refractivity contribution in [2.75, 3.05) is 13.2 Å². The van der Waals surface area contributed by atoms with E-state index in [9.17, 15) is 4.79 Å². The fraction of sp³-hybridized carbons (Fsp3) is 0.667. The summed E-state index contributed by atoms with van der Waals surface area (Å²) in [6.45, 7) is 18.6. The molecule has 0 aromatic carbocycles. The lowest BCUT2D eigenvalue weighted by atomic mass is 10.3. The molecule has 28 heavy (non-hydrogen) atoms. The van der Waals surface area contributed by atoms with Crippen LogP contribution >= 0.6 is 8.53 Å². The average molecular weight is 408 g/mol. The van der Waals surface area contributed by atoms with Crippen molar-refractivity contribution >= 4 is 19.7 Å². The van der Waals surface area contributed by atoms with E-state index in [1.54, 1.807) is 6.33 Å². The maximum absolute atomic E-state index is 11.9. The minimum atomic E-state index is -1.32. The van der Waals surface area contributed by atoms with E-state index in [4.69, 9.17) is 15.6 Å². The van der Waals surface area contributed by atoms with Gasteiger partial charge in [0.25, 0.3) is 14.1 Å². The van der Waals surface area contributed by atoms with E-state index in [-0.39, 0.29) is 23.7 Å². The van der Waals surface area contributed by atoms with Gasteiger partial charge >= 0.3 is 0 Å². The maximum atomic E-state index is 11.9. The first-order chi connectivity index (χ1) is 13.4. The lowest BCUT2D eigenvalue weighted by Crippen LogP contribution is -2.35. The molecule has 0 saturated heterocycles. The van der Waals surface area contributed by atoms with Crippen LogP contribution < -0.4 is 5.56 Å². The summed E-state index contributed by atoms with van der Waals surface area (Å²) in [5.74, 6) is 0. The van der Waals surface area contributed by atoms with E-state index in [0.717, 1.165) is 6.42 Å². The Kier molecular flexibility index (Phi) is 8.52. The minimum absolute atomic E-state index is 0.141. The van der Waals surface area contributed by atoms with Crippen LogP contribution in [0.2, 0.25) is 0 Å². The minimum Gasteiger partial charge on any atom is -0.317 e. The summed E-state index contributed by atoms with van der Waals surface area (Å²) in [5, 5.41) is 0. The first-order valence-corrected chi connectivity index (χ1v) is 10.6. The van der Waals surface area contributed by atoms with Gasteiger partial charge in [-0.3, -0.25) is 4.79 Å². The highest BCUT2D eigenvalue weighted by atomic mass is 31.2. The predicted octanol–water partition coefficient (Wildman–Crippen LogP) is 3.20. The fourth-order valence-electron chi connectivity index (χ4n) is 2.90. The van der Waals surface area contributed by atoms with Gasteiger partial charge in [-0.1, -0.05) is 6.92 Å². The maximum Gasteiger partial charge on any atom is 0.278 e. The molecule has 2 heterocycles. The molecule has 1 N–H and O–H groups in total. The van der Waals surface area contributed by atoms with Crippen LogP contribution in [0.4, 0.5) is 0 Å². The highest BCUT2D eigenvalue weighted by Crippen LogP contribution is 2.47. The lowest BCUT2D eigenvalue weighted by molar-refractivity contribution is 0.120. The van der Waals surface area contributed by atoms with Crippen molar-refractivity contribution in [2.24, 2.45) is 0 Å². The van der Waals surface area contributed by atoms with Crippen LogP contribution in [-0.2, 0) is 15.6 Å². The Morgan fingerprint density at radius 2 is 2.04 bits per heavy atom. The summed E-state index contributed by atoms with van der Waals surface area (Å²) in [4.78, 5) is 26.2. The molecule has 0 radical (unpaired) electrons. The van der Waals surface area contributed by atoms with Crippen LogP contribution in [-0.4, -0.2) is 55.5 Å². The SMILES string of the molecule is [C-]#[N+]CCOP(O[C@H](CC)Cn1cnc2c(=O)[nH]cnc21)N(C(C)C)C(C)C. The van der Waals surface area contributed by atoms with Crippen LogP contribution in [0.25, 0.3) is 16.0 Å². The van der Waals surface area contributed by atoms with Gasteiger partial charge in [0, 0.05) is 12.1 Å². The molecule has 10 heteroatoms. The third kappa shape index (κ3) is 5.58. The van der Waals surface area contributed by atoms with Crippen molar-refractivity contribution in [3.63, 3.8) is 0 Å². The Hall–Kier alpha value is -1.85. The molecule has 0 bridgehead atoms. The molecule has 2 atom stereocenters. The summed E-state index contributed by atoms with van der Waals surface area (Å²) in [6.07, 6.45) is 3.61. The van der Waals surface area contributed by atoms with Crippen molar-refractivity contribution in [1.29, 1.82) is 0 Å². The zero-order chi connectivity index (χ0) is 20.7.